The Balaban J connectivity index is 0.00000144. The number of pyridine rings is 1. The first kappa shape index (κ1) is 24.6. The van der Waals surface area contributed by atoms with Crippen molar-refractivity contribution in [3.8, 4) is 17.0 Å². The van der Waals surface area contributed by atoms with E-state index in [0.29, 0.717) is 0 Å². The highest BCUT2D eigenvalue weighted by molar-refractivity contribution is 5.95. The van der Waals surface area contributed by atoms with E-state index < -0.39 is 0 Å². The molecular formula is C26H33Cl2N3O. The number of likely N-dealkylation sites (tertiary alicyclic amines) is 1. The molecule has 0 bridgehead atoms. The van der Waals surface area contributed by atoms with Gasteiger partial charge in [0.1, 0.15) is 11.6 Å². The third-order valence-electron chi connectivity index (χ3n) is 6.78. The van der Waals surface area contributed by atoms with E-state index in [1.807, 2.05) is 12.1 Å². The van der Waals surface area contributed by atoms with Crippen LogP contribution < -0.4 is 9.64 Å². The van der Waals surface area contributed by atoms with E-state index in [-0.39, 0.29) is 24.8 Å². The molecule has 0 spiro atoms. The van der Waals surface area contributed by atoms with Crippen molar-refractivity contribution in [2.75, 3.05) is 38.2 Å². The van der Waals surface area contributed by atoms with Crippen LogP contribution in [0.15, 0.2) is 54.6 Å². The summed E-state index contributed by atoms with van der Waals surface area (Å²) in [5.74, 6) is 2.01. The van der Waals surface area contributed by atoms with Crippen molar-refractivity contribution in [1.82, 2.24) is 9.88 Å². The van der Waals surface area contributed by atoms with E-state index in [1.165, 1.54) is 56.0 Å². The number of benzene rings is 2. The van der Waals surface area contributed by atoms with E-state index in [1.54, 1.807) is 7.11 Å². The zero-order chi connectivity index (χ0) is 20.3. The van der Waals surface area contributed by atoms with Gasteiger partial charge in [-0.15, -0.1) is 24.8 Å². The minimum Gasteiger partial charge on any atom is -0.497 e. The highest BCUT2D eigenvalue weighted by Gasteiger charge is 2.27. The van der Waals surface area contributed by atoms with Gasteiger partial charge >= 0.3 is 0 Å². The van der Waals surface area contributed by atoms with Crippen LogP contribution in [0, 0.1) is 0 Å². The summed E-state index contributed by atoms with van der Waals surface area (Å²) >= 11 is 0. The number of anilines is 1. The number of methoxy groups -OCH3 is 1. The molecule has 5 rings (SSSR count). The predicted octanol–water partition coefficient (Wildman–Crippen LogP) is 6.21. The molecule has 0 radical (unpaired) electrons. The van der Waals surface area contributed by atoms with Crippen molar-refractivity contribution >= 4 is 41.4 Å². The molecule has 172 valence electrons. The summed E-state index contributed by atoms with van der Waals surface area (Å²) in [5, 5.41) is 2.51. The van der Waals surface area contributed by atoms with Crippen molar-refractivity contribution in [2.24, 2.45) is 0 Å². The normalized spacial score (nSPS) is 17.5. The van der Waals surface area contributed by atoms with Crippen molar-refractivity contribution < 1.29 is 4.74 Å². The number of piperidine rings is 2. The lowest BCUT2D eigenvalue weighted by molar-refractivity contribution is 0.141. The molecule has 4 nitrogen and oxygen atoms in total. The third kappa shape index (κ3) is 5.14. The van der Waals surface area contributed by atoms with Gasteiger partial charge in [0.15, 0.2) is 0 Å². The van der Waals surface area contributed by atoms with E-state index in [9.17, 15) is 0 Å². The van der Waals surface area contributed by atoms with Gasteiger partial charge < -0.3 is 14.5 Å². The summed E-state index contributed by atoms with van der Waals surface area (Å²) in [6.45, 7) is 4.76. The molecule has 2 fully saturated rings. The molecule has 0 atom stereocenters. The Morgan fingerprint density at radius 2 is 1.53 bits per heavy atom. The van der Waals surface area contributed by atoms with Gasteiger partial charge in [0.05, 0.1) is 12.8 Å². The molecule has 6 heteroatoms. The standard InChI is InChI=1S/C26H31N3O.2ClH/c1-30-23-11-9-20(10-12-23)25-19-21-7-3-4-8-24(21)26(27-25)29-17-13-22(14-18-29)28-15-5-2-6-16-28;;/h3-4,7-12,19,22H,2,5-6,13-18H2,1H3;2*1H. The van der Waals surface area contributed by atoms with Crippen LogP contribution in [0.2, 0.25) is 0 Å². The molecule has 2 aliphatic rings. The molecule has 1 aromatic heterocycles. The average molecular weight is 474 g/mol. The zero-order valence-electron chi connectivity index (χ0n) is 18.7. The number of nitrogens with zero attached hydrogens (tertiary/aromatic N) is 3. The maximum atomic E-state index is 5.32. The summed E-state index contributed by atoms with van der Waals surface area (Å²) in [6, 6.07) is 19.8. The van der Waals surface area contributed by atoms with Gasteiger partial charge in [0.25, 0.3) is 0 Å². The van der Waals surface area contributed by atoms with E-state index in [0.717, 1.165) is 42.0 Å². The van der Waals surface area contributed by atoms with Crippen molar-refractivity contribution in [2.45, 2.75) is 38.1 Å². The summed E-state index contributed by atoms with van der Waals surface area (Å²) in [5.41, 5.74) is 2.16. The fourth-order valence-electron chi connectivity index (χ4n) is 5.06. The highest BCUT2D eigenvalue weighted by atomic mass is 35.5. The van der Waals surface area contributed by atoms with Gasteiger partial charge in [-0.05, 0) is 74.5 Å². The number of rotatable bonds is 4. The van der Waals surface area contributed by atoms with Crippen LogP contribution in [0.3, 0.4) is 0 Å². The lowest BCUT2D eigenvalue weighted by Crippen LogP contribution is -2.47. The van der Waals surface area contributed by atoms with E-state index >= 15 is 0 Å². The number of halogens is 2. The van der Waals surface area contributed by atoms with Crippen LogP contribution in [-0.4, -0.2) is 49.2 Å². The number of ether oxygens (including phenoxy) is 1. The topological polar surface area (TPSA) is 28.6 Å². The van der Waals surface area contributed by atoms with E-state index in [4.69, 9.17) is 9.72 Å². The second-order valence-electron chi connectivity index (χ2n) is 8.60. The first-order chi connectivity index (χ1) is 14.8. The van der Waals surface area contributed by atoms with Crippen molar-refractivity contribution in [1.29, 1.82) is 0 Å². The molecule has 0 saturated carbocycles. The number of hydrogen-bond donors (Lipinski definition) is 0. The Kier molecular flexibility index (Phi) is 8.64. The maximum Gasteiger partial charge on any atom is 0.137 e. The Bertz CT molecular complexity index is 998. The molecule has 32 heavy (non-hydrogen) atoms. The molecule has 0 aliphatic carbocycles. The van der Waals surface area contributed by atoms with Gasteiger partial charge in [0, 0.05) is 30.1 Å². The molecule has 0 amide bonds. The molecule has 3 aromatic rings. The van der Waals surface area contributed by atoms with Gasteiger partial charge in [-0.1, -0.05) is 30.7 Å². The van der Waals surface area contributed by atoms with Gasteiger partial charge in [-0.3, -0.25) is 0 Å². The van der Waals surface area contributed by atoms with Gasteiger partial charge in [-0.2, -0.15) is 0 Å². The predicted molar refractivity (Wildman–Crippen MR) is 139 cm³/mol. The monoisotopic (exact) mass is 473 g/mol. The van der Waals surface area contributed by atoms with Crippen LogP contribution >= 0.6 is 24.8 Å². The summed E-state index contributed by atoms with van der Waals surface area (Å²) in [7, 11) is 1.70. The van der Waals surface area contributed by atoms with Gasteiger partial charge in [-0.25, -0.2) is 4.98 Å². The molecule has 2 aromatic carbocycles. The number of fused-ring (bicyclic) bond motifs is 1. The van der Waals surface area contributed by atoms with Crippen LogP contribution in [0.25, 0.3) is 22.0 Å². The molecule has 0 unspecified atom stereocenters. The SMILES string of the molecule is COc1ccc(-c2cc3ccccc3c(N3CCC(N4CCCCC4)CC3)n2)cc1.Cl.Cl. The smallest absolute Gasteiger partial charge is 0.137 e. The largest absolute Gasteiger partial charge is 0.497 e. The second-order valence-corrected chi connectivity index (χ2v) is 8.60. The second kappa shape index (κ2) is 11.2. The first-order valence-corrected chi connectivity index (χ1v) is 11.3. The average Bonchev–Trinajstić information content (AvgIpc) is 2.84. The Hall–Kier alpha value is -2.01. The van der Waals surface area contributed by atoms with Crippen LogP contribution in [0.4, 0.5) is 5.82 Å². The van der Waals surface area contributed by atoms with E-state index in [2.05, 4.69) is 52.3 Å². The van der Waals surface area contributed by atoms with Crippen LogP contribution in [-0.2, 0) is 0 Å². The molecule has 3 heterocycles. The quantitative estimate of drug-likeness (QED) is 0.450. The van der Waals surface area contributed by atoms with Crippen LogP contribution in [0.5, 0.6) is 5.75 Å². The Morgan fingerprint density at radius 3 is 2.22 bits per heavy atom. The fraction of sp³-hybridized carbons (Fsp3) is 0.423. The summed E-state index contributed by atoms with van der Waals surface area (Å²) < 4.78 is 5.32. The zero-order valence-corrected chi connectivity index (χ0v) is 20.3. The fourth-order valence-corrected chi connectivity index (χ4v) is 5.06. The van der Waals surface area contributed by atoms with Crippen LogP contribution in [0.1, 0.15) is 32.1 Å². The molecular weight excluding hydrogens is 441 g/mol. The highest BCUT2D eigenvalue weighted by Crippen LogP contribution is 2.33. The maximum absolute atomic E-state index is 5.32. The lowest BCUT2D eigenvalue weighted by atomic mass is 9.99. The van der Waals surface area contributed by atoms with Crippen molar-refractivity contribution in [3.63, 3.8) is 0 Å². The van der Waals surface area contributed by atoms with Crippen molar-refractivity contribution in [3.05, 3.63) is 54.6 Å². The first-order valence-electron chi connectivity index (χ1n) is 11.3. The summed E-state index contributed by atoms with van der Waals surface area (Å²) in [6.07, 6.45) is 6.63. The minimum absolute atomic E-state index is 0. The minimum atomic E-state index is 0. The summed E-state index contributed by atoms with van der Waals surface area (Å²) in [4.78, 5) is 10.4. The Morgan fingerprint density at radius 1 is 0.844 bits per heavy atom. The Labute approximate surface area is 203 Å². The lowest BCUT2D eigenvalue weighted by Gasteiger charge is -2.40. The number of hydrogen-bond acceptors (Lipinski definition) is 4. The van der Waals surface area contributed by atoms with Gasteiger partial charge in [0.2, 0.25) is 0 Å². The third-order valence-corrected chi connectivity index (χ3v) is 6.78. The number of aromatic nitrogens is 1. The molecule has 2 saturated heterocycles. The molecule has 2 aliphatic heterocycles. The molecule has 0 N–H and O–H groups in total.